The standard InChI is InChI=1S/C15H24O2/c1-11(2)6-5-7-13-8-9-14(12(3)10-13)15(16)17-4/h6,10,12,14H,5,7-9H2,1-4H3/t12-,14-/m1/s1. The first-order chi connectivity index (χ1) is 8.04. The normalized spacial score (nSPS) is 23.9. The fraction of sp³-hybridized carbons (Fsp3) is 0.667. The number of ether oxygens (including phenoxy) is 1. The Balaban J connectivity index is 2.51. The van der Waals surface area contributed by atoms with E-state index in [-0.39, 0.29) is 11.9 Å². The maximum absolute atomic E-state index is 11.5. The molecule has 0 aromatic carbocycles. The zero-order chi connectivity index (χ0) is 12.8. The summed E-state index contributed by atoms with van der Waals surface area (Å²) in [5.74, 6) is 0.321. The van der Waals surface area contributed by atoms with Gasteiger partial charge in [0.2, 0.25) is 0 Å². The molecule has 17 heavy (non-hydrogen) atoms. The molecule has 1 aliphatic rings. The fourth-order valence-electron chi connectivity index (χ4n) is 2.41. The van der Waals surface area contributed by atoms with E-state index in [4.69, 9.17) is 4.74 Å². The molecule has 0 bridgehead atoms. The number of hydrogen-bond donors (Lipinski definition) is 0. The molecule has 0 heterocycles. The minimum atomic E-state index is -0.0582. The van der Waals surface area contributed by atoms with E-state index in [1.807, 2.05) is 0 Å². The van der Waals surface area contributed by atoms with Crippen molar-refractivity contribution >= 4 is 5.97 Å². The number of carbonyl (C=O) groups is 1. The quantitative estimate of drug-likeness (QED) is 0.547. The Morgan fingerprint density at radius 3 is 2.76 bits per heavy atom. The lowest BCUT2D eigenvalue weighted by atomic mass is 9.80. The maximum Gasteiger partial charge on any atom is 0.309 e. The van der Waals surface area contributed by atoms with Crippen LogP contribution in [0, 0.1) is 11.8 Å². The van der Waals surface area contributed by atoms with Gasteiger partial charge in [0.05, 0.1) is 13.0 Å². The van der Waals surface area contributed by atoms with Crippen molar-refractivity contribution in [2.75, 3.05) is 7.11 Å². The van der Waals surface area contributed by atoms with Crippen molar-refractivity contribution in [3.63, 3.8) is 0 Å². The number of esters is 1. The number of methoxy groups -OCH3 is 1. The Morgan fingerprint density at radius 2 is 2.24 bits per heavy atom. The lowest BCUT2D eigenvalue weighted by Crippen LogP contribution is -2.25. The molecule has 1 rings (SSSR count). The van der Waals surface area contributed by atoms with Gasteiger partial charge in [0, 0.05) is 0 Å². The molecule has 1 aliphatic carbocycles. The minimum Gasteiger partial charge on any atom is -0.469 e. The molecule has 96 valence electrons. The van der Waals surface area contributed by atoms with Crippen LogP contribution in [0.1, 0.15) is 46.5 Å². The van der Waals surface area contributed by atoms with Gasteiger partial charge in [0.15, 0.2) is 0 Å². The average molecular weight is 236 g/mol. The van der Waals surface area contributed by atoms with Gasteiger partial charge >= 0.3 is 5.97 Å². The molecule has 0 fully saturated rings. The Bertz CT molecular complexity index is 322. The largest absolute Gasteiger partial charge is 0.469 e. The summed E-state index contributed by atoms with van der Waals surface area (Å²) in [7, 11) is 1.48. The van der Waals surface area contributed by atoms with Gasteiger partial charge in [-0.3, -0.25) is 4.79 Å². The second-order valence-corrected chi connectivity index (χ2v) is 5.17. The van der Waals surface area contributed by atoms with Crippen LogP contribution >= 0.6 is 0 Å². The maximum atomic E-state index is 11.5. The van der Waals surface area contributed by atoms with E-state index < -0.39 is 0 Å². The third kappa shape index (κ3) is 4.37. The second kappa shape index (κ2) is 6.63. The third-order valence-electron chi connectivity index (χ3n) is 3.43. The second-order valence-electron chi connectivity index (χ2n) is 5.17. The Kier molecular flexibility index (Phi) is 5.46. The molecule has 0 saturated carbocycles. The summed E-state index contributed by atoms with van der Waals surface area (Å²) in [6.45, 7) is 6.37. The van der Waals surface area contributed by atoms with Crippen LogP contribution in [0.2, 0.25) is 0 Å². The molecule has 0 spiro atoms. The molecule has 0 N–H and O–H groups in total. The van der Waals surface area contributed by atoms with Crippen molar-refractivity contribution < 1.29 is 9.53 Å². The summed E-state index contributed by atoms with van der Waals surface area (Å²) in [6, 6.07) is 0. The predicted octanol–water partition coefficient (Wildman–Crippen LogP) is 3.88. The van der Waals surface area contributed by atoms with Crippen LogP contribution in [-0.4, -0.2) is 13.1 Å². The van der Waals surface area contributed by atoms with Gasteiger partial charge in [-0.25, -0.2) is 0 Å². The fourth-order valence-corrected chi connectivity index (χ4v) is 2.41. The van der Waals surface area contributed by atoms with Crippen LogP contribution in [0.5, 0.6) is 0 Å². The number of rotatable bonds is 4. The Morgan fingerprint density at radius 1 is 1.53 bits per heavy atom. The van der Waals surface area contributed by atoms with E-state index in [1.165, 1.54) is 18.3 Å². The summed E-state index contributed by atoms with van der Waals surface area (Å²) in [4.78, 5) is 11.5. The van der Waals surface area contributed by atoms with Crippen molar-refractivity contribution in [1.82, 2.24) is 0 Å². The van der Waals surface area contributed by atoms with E-state index in [9.17, 15) is 4.79 Å². The van der Waals surface area contributed by atoms with E-state index >= 15 is 0 Å². The molecule has 0 aromatic rings. The first kappa shape index (κ1) is 14.0. The zero-order valence-electron chi connectivity index (χ0n) is 11.5. The van der Waals surface area contributed by atoms with Crippen LogP contribution in [-0.2, 0) is 9.53 Å². The average Bonchev–Trinajstić information content (AvgIpc) is 2.28. The molecule has 0 radical (unpaired) electrons. The molecular formula is C15H24O2. The van der Waals surface area contributed by atoms with E-state index in [0.29, 0.717) is 5.92 Å². The summed E-state index contributed by atoms with van der Waals surface area (Å²) in [5, 5.41) is 0. The summed E-state index contributed by atoms with van der Waals surface area (Å²) < 4.78 is 4.83. The van der Waals surface area contributed by atoms with Gasteiger partial charge in [-0.05, 0) is 45.4 Å². The van der Waals surface area contributed by atoms with Crippen LogP contribution in [0.15, 0.2) is 23.3 Å². The highest BCUT2D eigenvalue weighted by molar-refractivity contribution is 5.73. The third-order valence-corrected chi connectivity index (χ3v) is 3.43. The highest BCUT2D eigenvalue weighted by atomic mass is 16.5. The summed E-state index contributed by atoms with van der Waals surface area (Å²) in [5.41, 5.74) is 2.87. The molecular weight excluding hydrogens is 212 g/mol. The Hall–Kier alpha value is -1.05. The van der Waals surface area contributed by atoms with Crippen LogP contribution in [0.3, 0.4) is 0 Å². The number of carbonyl (C=O) groups excluding carboxylic acids is 1. The molecule has 0 saturated heterocycles. The molecule has 0 amide bonds. The smallest absolute Gasteiger partial charge is 0.309 e. The Labute approximate surface area is 105 Å². The molecule has 0 aliphatic heterocycles. The van der Waals surface area contributed by atoms with Crippen molar-refractivity contribution in [2.45, 2.75) is 46.5 Å². The first-order valence-electron chi connectivity index (χ1n) is 6.45. The highest BCUT2D eigenvalue weighted by Gasteiger charge is 2.27. The van der Waals surface area contributed by atoms with Crippen molar-refractivity contribution in [3.05, 3.63) is 23.3 Å². The van der Waals surface area contributed by atoms with Gasteiger partial charge in [0.25, 0.3) is 0 Å². The van der Waals surface area contributed by atoms with Gasteiger partial charge < -0.3 is 4.74 Å². The minimum absolute atomic E-state index is 0.0582. The van der Waals surface area contributed by atoms with Crippen molar-refractivity contribution in [1.29, 1.82) is 0 Å². The van der Waals surface area contributed by atoms with Crippen LogP contribution in [0.25, 0.3) is 0 Å². The molecule has 2 atom stereocenters. The molecule has 2 nitrogen and oxygen atoms in total. The zero-order valence-corrected chi connectivity index (χ0v) is 11.5. The monoisotopic (exact) mass is 236 g/mol. The lowest BCUT2D eigenvalue weighted by molar-refractivity contribution is -0.147. The van der Waals surface area contributed by atoms with Gasteiger partial charge in [-0.15, -0.1) is 0 Å². The molecule has 0 unspecified atom stereocenters. The van der Waals surface area contributed by atoms with Crippen LogP contribution in [0.4, 0.5) is 0 Å². The lowest BCUT2D eigenvalue weighted by Gasteiger charge is -2.25. The van der Waals surface area contributed by atoms with Gasteiger partial charge in [0.1, 0.15) is 0 Å². The SMILES string of the molecule is COC(=O)[C@@H]1CCC(CCC=C(C)C)=C[C@H]1C. The number of allylic oxidation sites excluding steroid dienone is 4. The van der Waals surface area contributed by atoms with Gasteiger partial charge in [-0.2, -0.15) is 0 Å². The number of hydrogen-bond acceptors (Lipinski definition) is 2. The first-order valence-corrected chi connectivity index (χ1v) is 6.45. The predicted molar refractivity (Wildman–Crippen MR) is 70.7 cm³/mol. The van der Waals surface area contributed by atoms with Crippen molar-refractivity contribution in [2.24, 2.45) is 11.8 Å². The van der Waals surface area contributed by atoms with E-state index in [1.54, 1.807) is 0 Å². The highest BCUT2D eigenvalue weighted by Crippen LogP contribution is 2.31. The van der Waals surface area contributed by atoms with Crippen molar-refractivity contribution in [3.8, 4) is 0 Å². The summed E-state index contributed by atoms with van der Waals surface area (Å²) in [6.07, 6.45) is 8.77. The molecule has 0 aromatic heterocycles. The summed E-state index contributed by atoms with van der Waals surface area (Å²) >= 11 is 0. The van der Waals surface area contributed by atoms with E-state index in [0.717, 1.165) is 25.7 Å². The van der Waals surface area contributed by atoms with E-state index in [2.05, 4.69) is 32.9 Å². The topological polar surface area (TPSA) is 26.3 Å². The van der Waals surface area contributed by atoms with Gasteiger partial charge in [-0.1, -0.05) is 30.2 Å². The molecule has 2 heteroatoms. The van der Waals surface area contributed by atoms with Crippen LogP contribution < -0.4 is 0 Å².